The number of pyridine rings is 1. The van der Waals surface area contributed by atoms with E-state index in [1.807, 2.05) is 24.4 Å². The van der Waals surface area contributed by atoms with E-state index in [4.69, 9.17) is 10.5 Å². The number of rotatable bonds is 5. The van der Waals surface area contributed by atoms with E-state index in [-0.39, 0.29) is 23.8 Å². The van der Waals surface area contributed by atoms with Crippen molar-refractivity contribution < 1.29 is 14.3 Å². The van der Waals surface area contributed by atoms with E-state index in [9.17, 15) is 9.59 Å². The first kappa shape index (κ1) is 16.7. The van der Waals surface area contributed by atoms with Gasteiger partial charge in [-0.25, -0.2) is 4.52 Å². The van der Waals surface area contributed by atoms with Crippen LogP contribution >= 0.6 is 0 Å². The molecule has 5 heterocycles. The Morgan fingerprint density at radius 3 is 3.19 bits per heavy atom. The smallest absolute Gasteiger partial charge is 0.229 e. The van der Waals surface area contributed by atoms with Crippen molar-refractivity contribution in [3.63, 3.8) is 0 Å². The summed E-state index contributed by atoms with van der Waals surface area (Å²) in [6.45, 7) is 1.90. The molecule has 0 unspecified atom stereocenters. The van der Waals surface area contributed by atoms with Gasteiger partial charge in [0.25, 0.3) is 0 Å². The van der Waals surface area contributed by atoms with Crippen LogP contribution in [0.4, 0.5) is 0 Å². The van der Waals surface area contributed by atoms with Crippen LogP contribution in [0.2, 0.25) is 0 Å². The molecule has 3 saturated heterocycles. The van der Waals surface area contributed by atoms with Gasteiger partial charge in [0.1, 0.15) is 0 Å². The Morgan fingerprint density at radius 2 is 2.33 bits per heavy atom. The molecule has 0 aliphatic carbocycles. The second-order valence-corrected chi connectivity index (χ2v) is 7.72. The molecule has 0 saturated carbocycles. The van der Waals surface area contributed by atoms with E-state index in [1.165, 1.54) is 0 Å². The zero-order valence-corrected chi connectivity index (χ0v) is 15.0. The maximum absolute atomic E-state index is 13.0. The lowest BCUT2D eigenvalue weighted by atomic mass is 9.73. The van der Waals surface area contributed by atoms with Gasteiger partial charge < -0.3 is 20.7 Å². The fraction of sp³-hybridized carbons (Fsp3) is 0.526. The molecule has 1 spiro atoms. The Morgan fingerprint density at radius 1 is 1.44 bits per heavy atom. The van der Waals surface area contributed by atoms with Crippen molar-refractivity contribution in [3.8, 4) is 0 Å². The van der Waals surface area contributed by atoms with Crippen LogP contribution in [0.15, 0.2) is 30.6 Å². The molecule has 2 bridgehead atoms. The number of aromatic nitrogens is 2. The minimum atomic E-state index is -0.496. The third-order valence-electron chi connectivity index (χ3n) is 6.28. The van der Waals surface area contributed by atoms with Crippen LogP contribution in [0, 0.1) is 11.8 Å². The Labute approximate surface area is 156 Å². The van der Waals surface area contributed by atoms with Crippen molar-refractivity contribution in [3.05, 3.63) is 36.2 Å². The van der Waals surface area contributed by atoms with E-state index < -0.39 is 11.5 Å². The molecule has 4 atom stereocenters. The van der Waals surface area contributed by atoms with Crippen molar-refractivity contribution >= 4 is 17.3 Å². The van der Waals surface area contributed by atoms with E-state index in [0.717, 1.165) is 23.9 Å². The summed E-state index contributed by atoms with van der Waals surface area (Å²) in [5.74, 6) is -0.885. The number of nitrogens with two attached hydrogens (primary N) is 1. The molecular weight excluding hydrogens is 346 g/mol. The van der Waals surface area contributed by atoms with Gasteiger partial charge in [0.2, 0.25) is 11.8 Å². The third-order valence-corrected chi connectivity index (χ3v) is 6.28. The number of nitrogens with zero attached hydrogens (tertiary/aromatic N) is 3. The molecule has 3 aliphatic heterocycles. The average molecular weight is 369 g/mol. The topological polar surface area (TPSA) is 102 Å². The Balaban J connectivity index is 1.35. The van der Waals surface area contributed by atoms with Gasteiger partial charge in [-0.2, -0.15) is 5.10 Å². The summed E-state index contributed by atoms with van der Waals surface area (Å²) in [5.41, 5.74) is 7.10. The molecule has 142 valence electrons. The van der Waals surface area contributed by atoms with Gasteiger partial charge in [0, 0.05) is 32.0 Å². The predicted molar refractivity (Wildman–Crippen MR) is 96.5 cm³/mol. The maximum Gasteiger partial charge on any atom is 0.229 e. The van der Waals surface area contributed by atoms with E-state index >= 15 is 0 Å². The maximum atomic E-state index is 13.0. The number of nitrogens with one attached hydrogen (secondary N) is 1. The normalized spacial score (nSPS) is 31.7. The summed E-state index contributed by atoms with van der Waals surface area (Å²) in [6.07, 6.45) is 5.11. The molecule has 3 fully saturated rings. The van der Waals surface area contributed by atoms with Crippen LogP contribution in [0.25, 0.3) is 5.52 Å². The van der Waals surface area contributed by atoms with Crippen molar-refractivity contribution in [1.82, 2.24) is 19.8 Å². The molecule has 2 aromatic rings. The molecule has 8 nitrogen and oxygen atoms in total. The summed E-state index contributed by atoms with van der Waals surface area (Å²) in [5, 5.41) is 7.25. The monoisotopic (exact) mass is 369 g/mol. The number of likely N-dealkylation sites (tertiary alicyclic amines) is 1. The summed E-state index contributed by atoms with van der Waals surface area (Å²) in [7, 11) is 0. The molecule has 0 aromatic carbocycles. The lowest BCUT2D eigenvalue weighted by Gasteiger charge is -2.27. The van der Waals surface area contributed by atoms with Crippen LogP contribution < -0.4 is 11.1 Å². The summed E-state index contributed by atoms with van der Waals surface area (Å²) in [4.78, 5) is 27.7. The van der Waals surface area contributed by atoms with Crippen molar-refractivity contribution in [2.75, 3.05) is 19.6 Å². The average Bonchev–Trinajstić information content (AvgIpc) is 3.41. The molecule has 27 heavy (non-hydrogen) atoms. The molecule has 8 heteroatoms. The number of hydrogen-bond acceptors (Lipinski definition) is 5. The lowest BCUT2D eigenvalue weighted by Crippen LogP contribution is -2.45. The van der Waals surface area contributed by atoms with Crippen LogP contribution in [-0.4, -0.2) is 57.7 Å². The predicted octanol–water partition coefficient (Wildman–Crippen LogP) is -0.0848. The fourth-order valence-corrected chi connectivity index (χ4v) is 5.15. The first-order valence-corrected chi connectivity index (χ1v) is 9.48. The van der Waals surface area contributed by atoms with Crippen molar-refractivity contribution in [2.45, 2.75) is 31.1 Å². The molecule has 2 aromatic heterocycles. The molecule has 0 radical (unpaired) electrons. The van der Waals surface area contributed by atoms with E-state index in [2.05, 4.69) is 10.4 Å². The molecule has 5 rings (SSSR count). The Kier molecular flexibility index (Phi) is 3.73. The standard InChI is InChI=1S/C19H23N5O3/c20-6-9-23-11-19-5-3-14(27-19)15(16(19)18(23)26)17(25)21-10-12-2-1-8-24-13(12)4-7-22-24/h1-2,4,7-8,14-16H,3,5-6,9-11,20H2,(H,21,25)/t14-,15-,16+,19-/m0/s1. The number of carbonyl (C=O) groups excluding carboxylic acids is 2. The summed E-state index contributed by atoms with van der Waals surface area (Å²) < 4.78 is 7.98. The van der Waals surface area contributed by atoms with E-state index in [0.29, 0.717) is 26.2 Å². The zero-order valence-electron chi connectivity index (χ0n) is 15.0. The molecule has 3 aliphatic rings. The van der Waals surface area contributed by atoms with E-state index in [1.54, 1.807) is 15.6 Å². The number of fused-ring (bicyclic) bond motifs is 2. The first-order chi connectivity index (χ1) is 13.1. The van der Waals surface area contributed by atoms with Gasteiger partial charge in [-0.05, 0) is 30.5 Å². The highest BCUT2D eigenvalue weighted by Crippen LogP contribution is 2.55. The minimum absolute atomic E-state index is 0.0145. The van der Waals surface area contributed by atoms with Crippen LogP contribution in [0.1, 0.15) is 18.4 Å². The van der Waals surface area contributed by atoms with Crippen LogP contribution in [-0.2, 0) is 20.9 Å². The van der Waals surface area contributed by atoms with Crippen LogP contribution in [0.3, 0.4) is 0 Å². The Bertz CT molecular complexity index is 912. The second-order valence-electron chi connectivity index (χ2n) is 7.72. The molecule has 2 amide bonds. The minimum Gasteiger partial charge on any atom is -0.368 e. The number of amides is 2. The zero-order chi connectivity index (χ0) is 18.6. The Hall–Kier alpha value is -2.45. The fourth-order valence-electron chi connectivity index (χ4n) is 5.15. The van der Waals surface area contributed by atoms with Gasteiger partial charge in [-0.3, -0.25) is 9.59 Å². The highest BCUT2D eigenvalue weighted by molar-refractivity contribution is 5.92. The highest BCUT2D eigenvalue weighted by Gasteiger charge is 2.68. The quantitative estimate of drug-likeness (QED) is 0.767. The highest BCUT2D eigenvalue weighted by atomic mass is 16.5. The summed E-state index contributed by atoms with van der Waals surface area (Å²) >= 11 is 0. The van der Waals surface area contributed by atoms with Crippen molar-refractivity contribution in [1.29, 1.82) is 0 Å². The van der Waals surface area contributed by atoms with Gasteiger partial charge in [0.15, 0.2) is 0 Å². The SMILES string of the molecule is NCCN1C[C@]23CC[C@H](O2)[C@H](C(=O)NCc2cccn4nccc24)[C@@H]3C1=O. The van der Waals surface area contributed by atoms with Crippen molar-refractivity contribution in [2.24, 2.45) is 17.6 Å². The third kappa shape index (κ3) is 2.40. The first-order valence-electron chi connectivity index (χ1n) is 9.48. The van der Waals surface area contributed by atoms with Gasteiger partial charge in [0.05, 0.1) is 35.6 Å². The number of ether oxygens (including phenoxy) is 1. The van der Waals surface area contributed by atoms with Crippen LogP contribution in [0.5, 0.6) is 0 Å². The van der Waals surface area contributed by atoms with Gasteiger partial charge in [-0.15, -0.1) is 0 Å². The molecule has 3 N–H and O–H groups in total. The largest absolute Gasteiger partial charge is 0.368 e. The second kappa shape index (κ2) is 6.03. The lowest BCUT2D eigenvalue weighted by molar-refractivity contribution is -0.138. The molecular formula is C19H23N5O3. The number of carbonyl (C=O) groups is 2. The van der Waals surface area contributed by atoms with Gasteiger partial charge >= 0.3 is 0 Å². The van der Waals surface area contributed by atoms with Gasteiger partial charge in [-0.1, -0.05) is 6.07 Å². The summed E-state index contributed by atoms with van der Waals surface area (Å²) in [6, 6.07) is 5.80. The number of hydrogen-bond donors (Lipinski definition) is 2.